The molecule has 0 saturated heterocycles. The second kappa shape index (κ2) is 6.80. The van der Waals surface area contributed by atoms with Crippen molar-refractivity contribution in [1.82, 2.24) is 0 Å². The molecule has 0 bridgehead atoms. The first kappa shape index (κ1) is 17.0. The Morgan fingerprint density at radius 2 is 1.29 bits per heavy atom. The maximum atomic E-state index is 14.3. The molecule has 2 aromatic rings. The van der Waals surface area contributed by atoms with Gasteiger partial charge in [-0.1, -0.05) is 6.07 Å². The fourth-order valence-electron chi connectivity index (χ4n) is 1.96. The largest absolute Gasteiger partial charge is 0.493 e. The van der Waals surface area contributed by atoms with Crippen molar-refractivity contribution in [3.05, 3.63) is 46.8 Å². The summed E-state index contributed by atoms with van der Waals surface area (Å²) < 4.78 is 57.5. The molecule has 0 aliphatic rings. The lowest BCUT2D eigenvalue weighted by atomic mass is 10.1. The second-order valence-corrected chi connectivity index (χ2v) is 4.34. The van der Waals surface area contributed by atoms with Gasteiger partial charge in [-0.15, -0.1) is 0 Å². The van der Waals surface area contributed by atoms with Crippen molar-refractivity contribution in [2.24, 2.45) is 0 Å². The lowest BCUT2D eigenvalue weighted by molar-refractivity contribution is 0.326. The summed E-state index contributed by atoms with van der Waals surface area (Å²) in [5, 5.41) is 17.7. The monoisotopic (exact) mass is 334 g/mol. The molecular formula is C16H9F3N2O3. The number of halogens is 3. The van der Waals surface area contributed by atoms with Crippen LogP contribution in [-0.4, -0.2) is 14.2 Å². The third-order valence-electron chi connectivity index (χ3n) is 3.09. The molecule has 0 spiro atoms. The van der Waals surface area contributed by atoms with Crippen LogP contribution in [0, 0.1) is 40.1 Å². The smallest absolute Gasteiger partial charge is 0.211 e. The summed E-state index contributed by atoms with van der Waals surface area (Å²) in [4.78, 5) is 0. The molecule has 0 N–H and O–H groups in total. The average molecular weight is 334 g/mol. The van der Waals surface area contributed by atoms with Crippen LogP contribution >= 0.6 is 0 Å². The molecule has 0 saturated carbocycles. The van der Waals surface area contributed by atoms with Crippen molar-refractivity contribution in [3.63, 3.8) is 0 Å². The highest BCUT2D eigenvalue weighted by Gasteiger charge is 2.28. The fourth-order valence-corrected chi connectivity index (χ4v) is 1.96. The number of rotatable bonds is 4. The van der Waals surface area contributed by atoms with Crippen molar-refractivity contribution >= 4 is 0 Å². The molecule has 0 amide bonds. The van der Waals surface area contributed by atoms with Gasteiger partial charge < -0.3 is 14.2 Å². The van der Waals surface area contributed by atoms with Crippen LogP contribution in [0.1, 0.15) is 11.1 Å². The molecule has 24 heavy (non-hydrogen) atoms. The maximum absolute atomic E-state index is 14.3. The molecule has 0 aliphatic heterocycles. The molecule has 0 aromatic heterocycles. The van der Waals surface area contributed by atoms with Gasteiger partial charge in [0.15, 0.2) is 23.1 Å². The van der Waals surface area contributed by atoms with Crippen molar-refractivity contribution in [3.8, 4) is 35.1 Å². The fraction of sp³-hybridized carbons (Fsp3) is 0.125. The van der Waals surface area contributed by atoms with Crippen molar-refractivity contribution in [1.29, 1.82) is 10.5 Å². The van der Waals surface area contributed by atoms with Gasteiger partial charge in [0.05, 0.1) is 14.2 Å². The summed E-state index contributed by atoms with van der Waals surface area (Å²) in [6.45, 7) is 0. The van der Waals surface area contributed by atoms with Crippen LogP contribution in [0.3, 0.4) is 0 Å². The molecule has 0 radical (unpaired) electrons. The van der Waals surface area contributed by atoms with Gasteiger partial charge in [-0.2, -0.15) is 14.9 Å². The van der Waals surface area contributed by atoms with E-state index in [0.29, 0.717) is 0 Å². The van der Waals surface area contributed by atoms with E-state index in [1.807, 2.05) is 0 Å². The number of hydrogen-bond donors (Lipinski definition) is 0. The number of ether oxygens (including phenoxy) is 3. The van der Waals surface area contributed by atoms with Crippen molar-refractivity contribution in [2.45, 2.75) is 0 Å². The van der Waals surface area contributed by atoms with Crippen LogP contribution in [0.15, 0.2) is 18.2 Å². The standard InChI is InChI=1S/C16H9F3N2O3/c1-22-10-4-3-5-11(23-2)15(10)24-16-13(18)9(7-21)8(6-20)12(17)14(16)19/h3-5H,1-2H3. The third-order valence-corrected chi connectivity index (χ3v) is 3.09. The second-order valence-electron chi connectivity index (χ2n) is 4.34. The van der Waals surface area contributed by atoms with Gasteiger partial charge in [0, 0.05) is 0 Å². The Balaban J connectivity index is 2.72. The van der Waals surface area contributed by atoms with Gasteiger partial charge in [-0.3, -0.25) is 0 Å². The van der Waals surface area contributed by atoms with Gasteiger partial charge in [0.2, 0.25) is 17.3 Å². The van der Waals surface area contributed by atoms with E-state index in [-0.39, 0.29) is 17.2 Å². The topological polar surface area (TPSA) is 75.3 Å². The molecule has 0 fully saturated rings. The van der Waals surface area contributed by atoms with Crippen LogP contribution in [0.4, 0.5) is 13.2 Å². The Morgan fingerprint density at radius 1 is 0.792 bits per heavy atom. The van der Waals surface area contributed by atoms with Crippen LogP contribution < -0.4 is 14.2 Å². The molecule has 5 nitrogen and oxygen atoms in total. The highest BCUT2D eigenvalue weighted by Crippen LogP contribution is 2.42. The predicted molar refractivity (Wildman–Crippen MR) is 75.4 cm³/mol. The van der Waals surface area contributed by atoms with E-state index in [2.05, 4.69) is 0 Å². The highest BCUT2D eigenvalue weighted by atomic mass is 19.2. The summed E-state index contributed by atoms with van der Waals surface area (Å²) in [5.41, 5.74) is -1.99. The Hall–Kier alpha value is -3.39. The van der Waals surface area contributed by atoms with E-state index in [4.69, 9.17) is 24.7 Å². The zero-order valence-corrected chi connectivity index (χ0v) is 12.5. The first-order chi connectivity index (χ1) is 11.5. The third kappa shape index (κ3) is 2.66. The molecule has 2 aromatic carbocycles. The lowest BCUT2D eigenvalue weighted by Crippen LogP contribution is -2.05. The molecule has 8 heteroatoms. The summed E-state index contributed by atoms with van der Waals surface area (Å²) in [7, 11) is 2.57. The van der Waals surface area contributed by atoms with E-state index in [1.165, 1.54) is 44.6 Å². The first-order valence-electron chi connectivity index (χ1n) is 6.39. The van der Waals surface area contributed by atoms with Crippen LogP contribution in [0.25, 0.3) is 0 Å². The van der Waals surface area contributed by atoms with Gasteiger partial charge in [0.1, 0.15) is 23.3 Å². The Morgan fingerprint density at radius 3 is 1.75 bits per heavy atom. The molecular weight excluding hydrogens is 325 g/mol. The lowest BCUT2D eigenvalue weighted by Gasteiger charge is -2.15. The van der Waals surface area contributed by atoms with E-state index < -0.39 is 34.3 Å². The number of benzene rings is 2. The molecule has 0 heterocycles. The van der Waals surface area contributed by atoms with Crippen molar-refractivity contribution in [2.75, 3.05) is 14.2 Å². The number of hydrogen-bond acceptors (Lipinski definition) is 5. The van der Waals surface area contributed by atoms with Crippen LogP contribution in [0.5, 0.6) is 23.0 Å². The Kier molecular flexibility index (Phi) is 4.81. The molecule has 2 rings (SSSR count). The number of nitrogens with zero attached hydrogens (tertiary/aromatic N) is 2. The van der Waals surface area contributed by atoms with Crippen molar-refractivity contribution < 1.29 is 27.4 Å². The zero-order chi connectivity index (χ0) is 17.9. The summed E-state index contributed by atoms with van der Waals surface area (Å²) >= 11 is 0. The Labute approximate surface area is 135 Å². The molecule has 0 unspecified atom stereocenters. The van der Waals surface area contributed by atoms with Crippen LogP contribution in [-0.2, 0) is 0 Å². The number of methoxy groups -OCH3 is 2. The number of nitriles is 2. The molecule has 122 valence electrons. The maximum Gasteiger partial charge on any atom is 0.211 e. The summed E-state index contributed by atoms with van der Waals surface area (Å²) in [6, 6.07) is 6.97. The van der Waals surface area contributed by atoms with Gasteiger partial charge >= 0.3 is 0 Å². The normalized spacial score (nSPS) is 9.79. The molecule has 0 aliphatic carbocycles. The van der Waals surface area contributed by atoms with Gasteiger partial charge in [-0.25, -0.2) is 8.78 Å². The summed E-state index contributed by atoms with van der Waals surface area (Å²) in [6.07, 6.45) is 0. The minimum atomic E-state index is -1.74. The van der Waals surface area contributed by atoms with E-state index >= 15 is 0 Å². The van der Waals surface area contributed by atoms with Crippen LogP contribution in [0.2, 0.25) is 0 Å². The zero-order valence-electron chi connectivity index (χ0n) is 12.5. The SMILES string of the molecule is COc1cccc(OC)c1Oc1c(F)c(F)c(C#N)c(C#N)c1F. The first-order valence-corrected chi connectivity index (χ1v) is 6.39. The van der Waals surface area contributed by atoms with Gasteiger partial charge in [0.25, 0.3) is 0 Å². The predicted octanol–water partition coefficient (Wildman–Crippen LogP) is 3.66. The minimum Gasteiger partial charge on any atom is -0.493 e. The quantitative estimate of drug-likeness (QED) is 0.798. The van der Waals surface area contributed by atoms with E-state index in [1.54, 1.807) is 0 Å². The van der Waals surface area contributed by atoms with E-state index in [9.17, 15) is 13.2 Å². The molecule has 0 atom stereocenters. The minimum absolute atomic E-state index is 0.0661. The Bertz CT molecular complexity index is 864. The highest BCUT2D eigenvalue weighted by molar-refractivity contribution is 5.56. The van der Waals surface area contributed by atoms with Gasteiger partial charge in [-0.05, 0) is 12.1 Å². The van der Waals surface area contributed by atoms with E-state index in [0.717, 1.165) is 0 Å². The number of para-hydroxylation sites is 1. The summed E-state index contributed by atoms with van der Waals surface area (Å²) in [5.74, 6) is -6.18. The average Bonchev–Trinajstić information content (AvgIpc) is 2.61.